The van der Waals surface area contributed by atoms with E-state index < -0.39 is 0 Å². The van der Waals surface area contributed by atoms with Crippen LogP contribution in [0, 0.1) is 5.41 Å². The smallest absolute Gasteiger partial charge is 0.0517 e. The van der Waals surface area contributed by atoms with E-state index in [1.807, 2.05) is 13.8 Å². The average Bonchev–Trinajstić information content (AvgIpc) is 1.81. The van der Waals surface area contributed by atoms with Gasteiger partial charge in [0.15, 0.2) is 0 Å². The van der Waals surface area contributed by atoms with Crippen LogP contribution in [0.3, 0.4) is 0 Å². The summed E-state index contributed by atoms with van der Waals surface area (Å²) in [5, 5.41) is 0. The Kier molecular flexibility index (Phi) is 4.69. The van der Waals surface area contributed by atoms with Crippen molar-refractivity contribution in [3.8, 4) is 0 Å². The molecule has 0 fully saturated rings. The first-order valence-electron chi connectivity index (χ1n) is 4.31. The molecule has 0 saturated carbocycles. The molecule has 68 valence electrons. The fraction of sp³-hybridized carbons (Fsp3) is 1.00. The molecule has 2 heteroatoms. The van der Waals surface area contributed by atoms with Gasteiger partial charge in [0.25, 0.3) is 0 Å². The van der Waals surface area contributed by atoms with Gasteiger partial charge < -0.3 is 10.5 Å². The first kappa shape index (κ1) is 10.9. The average molecular weight is 159 g/mol. The van der Waals surface area contributed by atoms with E-state index in [1.54, 1.807) is 0 Å². The minimum Gasteiger partial charge on any atom is -0.381 e. The maximum atomic E-state index is 5.69. The lowest BCUT2D eigenvalue weighted by Gasteiger charge is -2.25. The molecule has 0 aliphatic rings. The molecule has 0 saturated heterocycles. The van der Waals surface area contributed by atoms with Crippen molar-refractivity contribution in [1.82, 2.24) is 0 Å². The van der Waals surface area contributed by atoms with Crippen LogP contribution in [-0.2, 0) is 4.74 Å². The topological polar surface area (TPSA) is 35.2 Å². The molecular weight excluding hydrogens is 138 g/mol. The van der Waals surface area contributed by atoms with Gasteiger partial charge in [-0.1, -0.05) is 13.8 Å². The summed E-state index contributed by atoms with van der Waals surface area (Å²) in [6, 6.07) is 0.269. The summed E-state index contributed by atoms with van der Waals surface area (Å²) in [6.45, 7) is 10.0. The first-order chi connectivity index (χ1) is 4.98. The van der Waals surface area contributed by atoms with Crippen molar-refractivity contribution in [3.63, 3.8) is 0 Å². The Balaban J connectivity index is 3.61. The van der Waals surface area contributed by atoms with Crippen molar-refractivity contribution in [2.75, 3.05) is 13.2 Å². The van der Waals surface area contributed by atoms with Gasteiger partial charge in [-0.25, -0.2) is 0 Å². The van der Waals surface area contributed by atoms with E-state index in [9.17, 15) is 0 Å². The van der Waals surface area contributed by atoms with Crippen LogP contribution < -0.4 is 5.73 Å². The summed E-state index contributed by atoms with van der Waals surface area (Å²) in [7, 11) is 0. The molecule has 2 N–H and O–H groups in total. The van der Waals surface area contributed by atoms with E-state index in [2.05, 4.69) is 13.8 Å². The van der Waals surface area contributed by atoms with E-state index in [-0.39, 0.29) is 11.5 Å². The molecular formula is C9H21NO. The predicted molar refractivity (Wildman–Crippen MR) is 48.5 cm³/mol. The molecule has 0 aromatic heterocycles. The first-order valence-corrected chi connectivity index (χ1v) is 4.31. The van der Waals surface area contributed by atoms with Crippen LogP contribution >= 0.6 is 0 Å². The molecule has 0 bridgehead atoms. The fourth-order valence-electron chi connectivity index (χ4n) is 1.31. The minimum absolute atomic E-state index is 0.226. The van der Waals surface area contributed by atoms with Crippen molar-refractivity contribution < 1.29 is 4.74 Å². The van der Waals surface area contributed by atoms with E-state index in [1.165, 1.54) is 0 Å². The normalized spacial score (nSPS) is 15.0. The number of ether oxygens (including phenoxy) is 1. The van der Waals surface area contributed by atoms with Gasteiger partial charge in [-0.15, -0.1) is 0 Å². The third-order valence-corrected chi connectivity index (χ3v) is 1.57. The molecule has 0 radical (unpaired) electrons. The molecule has 1 unspecified atom stereocenters. The molecule has 0 aromatic carbocycles. The lowest BCUT2D eigenvalue weighted by atomic mass is 9.87. The molecule has 0 spiro atoms. The van der Waals surface area contributed by atoms with Gasteiger partial charge in [0, 0.05) is 12.6 Å². The van der Waals surface area contributed by atoms with Crippen LogP contribution in [-0.4, -0.2) is 19.3 Å². The second kappa shape index (κ2) is 4.73. The van der Waals surface area contributed by atoms with Gasteiger partial charge in [0.1, 0.15) is 0 Å². The SMILES string of the molecule is CCOCC(C)(C)CC(C)N. The zero-order chi connectivity index (χ0) is 8.91. The van der Waals surface area contributed by atoms with E-state index in [0.29, 0.717) is 0 Å². The number of hydrogen-bond donors (Lipinski definition) is 1. The second-order valence-electron chi connectivity index (χ2n) is 3.98. The highest BCUT2D eigenvalue weighted by Gasteiger charge is 2.19. The Morgan fingerprint density at radius 3 is 2.36 bits per heavy atom. The van der Waals surface area contributed by atoms with Gasteiger partial charge in [0.05, 0.1) is 6.61 Å². The maximum absolute atomic E-state index is 5.69. The zero-order valence-corrected chi connectivity index (χ0v) is 8.18. The molecule has 2 nitrogen and oxygen atoms in total. The molecule has 0 aliphatic heterocycles. The van der Waals surface area contributed by atoms with Gasteiger partial charge in [-0.3, -0.25) is 0 Å². The van der Waals surface area contributed by atoms with Crippen molar-refractivity contribution in [1.29, 1.82) is 0 Å². The summed E-state index contributed by atoms with van der Waals surface area (Å²) in [5.74, 6) is 0. The Morgan fingerprint density at radius 2 is 2.00 bits per heavy atom. The summed E-state index contributed by atoms with van der Waals surface area (Å²) >= 11 is 0. The molecule has 0 rings (SSSR count). The molecule has 0 amide bonds. The number of rotatable bonds is 5. The van der Waals surface area contributed by atoms with E-state index in [0.717, 1.165) is 19.6 Å². The molecule has 0 heterocycles. The third-order valence-electron chi connectivity index (χ3n) is 1.57. The van der Waals surface area contributed by atoms with E-state index in [4.69, 9.17) is 10.5 Å². The lowest BCUT2D eigenvalue weighted by Crippen LogP contribution is -2.28. The van der Waals surface area contributed by atoms with Gasteiger partial charge in [-0.2, -0.15) is 0 Å². The van der Waals surface area contributed by atoms with Crippen molar-refractivity contribution in [2.45, 2.75) is 40.2 Å². The largest absolute Gasteiger partial charge is 0.381 e. The summed E-state index contributed by atoms with van der Waals surface area (Å²) < 4.78 is 5.34. The van der Waals surface area contributed by atoms with Crippen molar-refractivity contribution in [2.24, 2.45) is 11.1 Å². The monoisotopic (exact) mass is 159 g/mol. The Morgan fingerprint density at radius 1 is 1.45 bits per heavy atom. The third kappa shape index (κ3) is 6.32. The fourth-order valence-corrected chi connectivity index (χ4v) is 1.31. The second-order valence-corrected chi connectivity index (χ2v) is 3.98. The van der Waals surface area contributed by atoms with E-state index >= 15 is 0 Å². The van der Waals surface area contributed by atoms with Gasteiger partial charge in [0.2, 0.25) is 0 Å². The summed E-state index contributed by atoms with van der Waals surface area (Å²) in [4.78, 5) is 0. The predicted octanol–water partition coefficient (Wildman–Crippen LogP) is 1.79. The van der Waals surface area contributed by atoms with Gasteiger partial charge >= 0.3 is 0 Å². The summed E-state index contributed by atoms with van der Waals surface area (Å²) in [5.41, 5.74) is 5.92. The highest BCUT2D eigenvalue weighted by molar-refractivity contribution is 4.72. The Labute approximate surface area is 70.1 Å². The van der Waals surface area contributed by atoms with Gasteiger partial charge in [-0.05, 0) is 25.7 Å². The zero-order valence-electron chi connectivity index (χ0n) is 8.18. The van der Waals surface area contributed by atoms with Crippen LogP contribution in [0.4, 0.5) is 0 Å². The van der Waals surface area contributed by atoms with Crippen LogP contribution in [0.1, 0.15) is 34.1 Å². The van der Waals surface area contributed by atoms with Crippen LogP contribution in [0.2, 0.25) is 0 Å². The highest BCUT2D eigenvalue weighted by Crippen LogP contribution is 2.21. The molecule has 0 aromatic rings. The van der Waals surface area contributed by atoms with Crippen LogP contribution in [0.15, 0.2) is 0 Å². The van der Waals surface area contributed by atoms with Crippen molar-refractivity contribution >= 4 is 0 Å². The number of nitrogens with two attached hydrogens (primary N) is 1. The summed E-state index contributed by atoms with van der Waals surface area (Å²) in [6.07, 6.45) is 1.02. The molecule has 1 atom stereocenters. The molecule has 0 aliphatic carbocycles. The van der Waals surface area contributed by atoms with Crippen molar-refractivity contribution in [3.05, 3.63) is 0 Å². The van der Waals surface area contributed by atoms with Crippen LogP contribution in [0.25, 0.3) is 0 Å². The van der Waals surface area contributed by atoms with Crippen LogP contribution in [0.5, 0.6) is 0 Å². The standard InChI is InChI=1S/C9H21NO/c1-5-11-7-9(3,4)6-8(2)10/h8H,5-7,10H2,1-4H3. The Bertz CT molecular complexity index is 99.7. The lowest BCUT2D eigenvalue weighted by molar-refractivity contribution is 0.0631. The Hall–Kier alpha value is -0.0800. The molecule has 11 heavy (non-hydrogen) atoms. The quantitative estimate of drug-likeness (QED) is 0.663. The highest BCUT2D eigenvalue weighted by atomic mass is 16.5. The minimum atomic E-state index is 0.226. The maximum Gasteiger partial charge on any atom is 0.0517 e. The number of hydrogen-bond acceptors (Lipinski definition) is 2.